The van der Waals surface area contributed by atoms with Gasteiger partial charge in [-0.15, -0.1) is 0 Å². The number of hydrogen-bond acceptors (Lipinski definition) is 8. The van der Waals surface area contributed by atoms with Crippen molar-refractivity contribution in [3.63, 3.8) is 0 Å². The molecule has 3 aromatic rings. The molecule has 1 aliphatic carbocycles. The Bertz CT molecular complexity index is 1120. The van der Waals surface area contributed by atoms with Crippen molar-refractivity contribution in [3.05, 3.63) is 36.4 Å². The summed E-state index contributed by atoms with van der Waals surface area (Å²) in [6, 6.07) is 6.61. The highest BCUT2D eigenvalue weighted by atomic mass is 19.1. The van der Waals surface area contributed by atoms with Crippen molar-refractivity contribution in [2.24, 2.45) is 5.92 Å². The largest absolute Gasteiger partial charge is 0.396 e. The molecular formula is C24H33FN8O. The van der Waals surface area contributed by atoms with E-state index in [9.17, 15) is 4.39 Å². The first-order chi connectivity index (χ1) is 16.7. The summed E-state index contributed by atoms with van der Waals surface area (Å²) in [4.78, 5) is 10.9. The van der Waals surface area contributed by atoms with Crippen LogP contribution < -0.4 is 21.1 Å². The maximum atomic E-state index is 15.0. The van der Waals surface area contributed by atoms with Gasteiger partial charge in [-0.1, -0.05) is 0 Å². The smallest absolute Gasteiger partial charge is 0.229 e. The third-order valence-electron chi connectivity index (χ3n) is 7.07. The highest BCUT2D eigenvalue weighted by Crippen LogP contribution is 2.34. The second-order valence-electron chi connectivity index (χ2n) is 9.14. The van der Waals surface area contributed by atoms with Crippen LogP contribution in [0.4, 0.5) is 21.8 Å². The molecular weight excluding hydrogens is 435 g/mol. The number of aromatic nitrogens is 4. The molecule has 3 atom stereocenters. The van der Waals surface area contributed by atoms with E-state index in [1.54, 1.807) is 0 Å². The summed E-state index contributed by atoms with van der Waals surface area (Å²) in [6.07, 6.45) is 7.99. The quantitative estimate of drug-likeness (QED) is 0.356. The van der Waals surface area contributed by atoms with Crippen molar-refractivity contribution >= 4 is 28.4 Å². The molecule has 4 N–H and O–H groups in total. The van der Waals surface area contributed by atoms with Crippen LogP contribution in [0.1, 0.15) is 39.0 Å². The molecule has 3 heterocycles. The zero-order chi connectivity index (χ0) is 23.5. The fraction of sp³-hybridized carbons (Fsp3) is 0.542. The lowest BCUT2D eigenvalue weighted by Gasteiger charge is -2.40. The van der Waals surface area contributed by atoms with Gasteiger partial charge in [0.1, 0.15) is 0 Å². The Morgan fingerprint density at radius 2 is 2.18 bits per heavy atom. The summed E-state index contributed by atoms with van der Waals surface area (Å²) in [5.74, 6) is 0.752. The van der Waals surface area contributed by atoms with Crippen LogP contribution in [-0.2, 0) is 6.54 Å². The van der Waals surface area contributed by atoms with Gasteiger partial charge in [0.05, 0.1) is 17.9 Å². The van der Waals surface area contributed by atoms with Crippen molar-refractivity contribution in [1.82, 2.24) is 30.6 Å². The van der Waals surface area contributed by atoms with Crippen molar-refractivity contribution in [2.75, 3.05) is 29.9 Å². The Morgan fingerprint density at radius 3 is 3.03 bits per heavy atom. The number of aliphatic hydroxyl groups is 1. The number of benzene rings is 1. The predicted octanol–water partition coefficient (Wildman–Crippen LogP) is 2.95. The van der Waals surface area contributed by atoms with E-state index in [0.29, 0.717) is 30.3 Å². The van der Waals surface area contributed by atoms with Gasteiger partial charge in [-0.3, -0.25) is 15.5 Å². The van der Waals surface area contributed by atoms with E-state index in [0.717, 1.165) is 61.8 Å². The summed E-state index contributed by atoms with van der Waals surface area (Å²) in [7, 11) is 0. The van der Waals surface area contributed by atoms with Crippen LogP contribution in [0.5, 0.6) is 0 Å². The molecule has 5 rings (SSSR count). The molecule has 34 heavy (non-hydrogen) atoms. The minimum Gasteiger partial charge on any atom is -0.396 e. The first-order valence-electron chi connectivity index (χ1n) is 12.3. The predicted molar refractivity (Wildman–Crippen MR) is 130 cm³/mol. The number of anilines is 3. The second kappa shape index (κ2) is 10.2. The molecule has 182 valence electrons. The molecule has 1 saturated carbocycles. The molecule has 3 unspecified atom stereocenters. The average molecular weight is 469 g/mol. The number of hydrazine groups is 1. The normalized spacial score (nSPS) is 22.1. The van der Waals surface area contributed by atoms with Crippen molar-refractivity contribution < 1.29 is 9.50 Å². The zero-order valence-electron chi connectivity index (χ0n) is 19.5. The number of nitrogens with zero attached hydrogens (tertiary/aromatic N) is 5. The van der Waals surface area contributed by atoms with Gasteiger partial charge in [-0.2, -0.15) is 10.1 Å². The molecule has 0 bridgehead atoms. The third-order valence-corrected chi connectivity index (χ3v) is 7.07. The summed E-state index contributed by atoms with van der Waals surface area (Å²) in [6.45, 7) is 4.54. The molecule has 10 heteroatoms. The van der Waals surface area contributed by atoms with E-state index in [2.05, 4.69) is 43.1 Å². The summed E-state index contributed by atoms with van der Waals surface area (Å²) >= 11 is 0. The van der Waals surface area contributed by atoms with Gasteiger partial charge in [-0.05, 0) is 57.2 Å². The number of aliphatic hydroxyl groups excluding tert-OH is 1. The van der Waals surface area contributed by atoms with Crippen LogP contribution in [0.3, 0.4) is 0 Å². The van der Waals surface area contributed by atoms with Gasteiger partial charge in [0.15, 0.2) is 11.6 Å². The van der Waals surface area contributed by atoms with E-state index in [-0.39, 0.29) is 12.6 Å². The highest BCUT2D eigenvalue weighted by Gasteiger charge is 2.40. The Kier molecular flexibility index (Phi) is 6.89. The van der Waals surface area contributed by atoms with Gasteiger partial charge >= 0.3 is 0 Å². The van der Waals surface area contributed by atoms with E-state index >= 15 is 0 Å². The molecule has 2 aromatic heterocycles. The van der Waals surface area contributed by atoms with Gasteiger partial charge < -0.3 is 15.3 Å². The number of halogens is 1. The SMILES string of the molecule is CCN(c1nc(Nc2ccc3cnn(CCCCO)c3c2)ncc1F)C1CCCC2NNCC21. The Balaban J connectivity index is 1.38. The van der Waals surface area contributed by atoms with Gasteiger partial charge in [0.25, 0.3) is 0 Å². The molecule has 2 fully saturated rings. The fourth-order valence-corrected chi connectivity index (χ4v) is 5.39. The number of unbranched alkanes of at least 4 members (excludes halogenated alkanes) is 1. The Hall–Kier alpha value is -2.82. The lowest BCUT2D eigenvalue weighted by molar-refractivity contribution is 0.278. The first kappa shape index (κ1) is 22.9. The number of hydrogen-bond donors (Lipinski definition) is 4. The molecule has 9 nitrogen and oxygen atoms in total. The van der Waals surface area contributed by atoms with Crippen molar-refractivity contribution in [1.29, 1.82) is 0 Å². The summed E-state index contributed by atoms with van der Waals surface area (Å²) in [5.41, 5.74) is 8.47. The maximum Gasteiger partial charge on any atom is 0.229 e. The fourth-order valence-electron chi connectivity index (χ4n) is 5.39. The number of fused-ring (bicyclic) bond motifs is 2. The average Bonchev–Trinajstić information content (AvgIpc) is 3.49. The van der Waals surface area contributed by atoms with Crippen molar-refractivity contribution in [2.45, 2.75) is 57.7 Å². The van der Waals surface area contributed by atoms with E-state index in [4.69, 9.17) is 5.11 Å². The molecule has 1 aliphatic heterocycles. The van der Waals surface area contributed by atoms with E-state index in [1.165, 1.54) is 6.20 Å². The van der Waals surface area contributed by atoms with Crippen LogP contribution in [-0.4, -0.2) is 56.6 Å². The van der Waals surface area contributed by atoms with Gasteiger partial charge in [0, 0.05) is 55.3 Å². The monoisotopic (exact) mass is 468 g/mol. The topological polar surface area (TPSA) is 103 Å². The highest BCUT2D eigenvalue weighted by molar-refractivity contribution is 5.83. The van der Waals surface area contributed by atoms with Gasteiger partial charge in [0.2, 0.25) is 5.95 Å². The lowest BCUT2D eigenvalue weighted by atomic mass is 9.81. The lowest BCUT2D eigenvalue weighted by Crippen LogP contribution is -2.49. The van der Waals surface area contributed by atoms with Gasteiger partial charge in [-0.25, -0.2) is 9.37 Å². The minimum atomic E-state index is -0.397. The molecule has 0 radical (unpaired) electrons. The second-order valence-corrected chi connectivity index (χ2v) is 9.14. The van der Waals surface area contributed by atoms with Crippen LogP contribution in [0, 0.1) is 11.7 Å². The number of aryl methyl sites for hydroxylation is 1. The minimum absolute atomic E-state index is 0.181. The van der Waals surface area contributed by atoms with Crippen LogP contribution in [0.25, 0.3) is 10.9 Å². The van der Waals surface area contributed by atoms with E-state index in [1.807, 2.05) is 29.1 Å². The van der Waals surface area contributed by atoms with Crippen LogP contribution in [0.2, 0.25) is 0 Å². The van der Waals surface area contributed by atoms with E-state index < -0.39 is 5.82 Å². The van der Waals surface area contributed by atoms with Crippen molar-refractivity contribution in [3.8, 4) is 0 Å². The number of nitrogens with one attached hydrogen (secondary N) is 3. The Morgan fingerprint density at radius 1 is 1.26 bits per heavy atom. The molecule has 2 aliphatic rings. The number of rotatable bonds is 9. The zero-order valence-corrected chi connectivity index (χ0v) is 19.5. The molecule has 0 amide bonds. The Labute approximate surface area is 198 Å². The summed E-state index contributed by atoms with van der Waals surface area (Å²) in [5, 5.41) is 17.8. The third kappa shape index (κ3) is 4.57. The van der Waals surface area contributed by atoms with Crippen LogP contribution >= 0.6 is 0 Å². The van der Waals surface area contributed by atoms with Crippen LogP contribution in [0.15, 0.2) is 30.6 Å². The maximum absolute atomic E-state index is 15.0. The molecule has 1 aromatic carbocycles. The standard InChI is InChI=1S/C24H33FN8O/c1-2-32(21-7-5-6-20-18(21)14-27-31-20)23-19(25)15-26-24(30-23)29-17-9-8-16-13-28-33(22(16)12-17)10-3-4-11-34/h8-9,12-13,15,18,20-21,27,31,34H,2-7,10-11,14H2,1H3,(H,26,29,30). The first-order valence-corrected chi connectivity index (χ1v) is 12.3. The molecule has 1 saturated heterocycles. The summed E-state index contributed by atoms with van der Waals surface area (Å²) < 4.78 is 16.9. The molecule has 0 spiro atoms.